The summed E-state index contributed by atoms with van der Waals surface area (Å²) in [6, 6.07) is 0.593. The molecule has 2 aliphatic rings. The van der Waals surface area contributed by atoms with Gasteiger partial charge in [-0.1, -0.05) is 32.6 Å². The van der Waals surface area contributed by atoms with Gasteiger partial charge in [-0.2, -0.15) is 0 Å². The van der Waals surface area contributed by atoms with Crippen LogP contribution in [-0.4, -0.2) is 36.0 Å². The summed E-state index contributed by atoms with van der Waals surface area (Å²) in [6.07, 6.45) is 9.85. The van der Waals surface area contributed by atoms with E-state index in [2.05, 4.69) is 24.1 Å². The van der Waals surface area contributed by atoms with E-state index in [-0.39, 0.29) is 6.04 Å². The van der Waals surface area contributed by atoms with Gasteiger partial charge in [0.1, 0.15) is 0 Å². The van der Waals surface area contributed by atoms with E-state index in [1.54, 1.807) is 0 Å². The van der Waals surface area contributed by atoms with Crippen molar-refractivity contribution < 1.29 is 4.79 Å². The molecular weight excluding hydrogens is 236 g/mol. The number of nitrogens with one attached hydrogen (secondary N) is 1. The molecule has 1 heterocycles. The molecule has 0 radical (unpaired) electrons. The molecular formula is C16H30N2O. The van der Waals surface area contributed by atoms with Crippen LogP contribution in [0.4, 0.5) is 0 Å². The maximum Gasteiger partial charge on any atom is 0.239 e. The van der Waals surface area contributed by atoms with Gasteiger partial charge in [-0.3, -0.25) is 4.79 Å². The molecule has 3 heteroatoms. The lowest BCUT2D eigenvalue weighted by atomic mass is 9.88. The van der Waals surface area contributed by atoms with Crippen LogP contribution in [0.3, 0.4) is 0 Å². The molecule has 110 valence electrons. The van der Waals surface area contributed by atoms with Crippen LogP contribution in [0.25, 0.3) is 0 Å². The minimum atomic E-state index is 0.0839. The third-order valence-electron chi connectivity index (χ3n) is 5.03. The van der Waals surface area contributed by atoms with E-state index in [9.17, 15) is 4.79 Å². The van der Waals surface area contributed by atoms with Crippen LogP contribution in [0, 0.1) is 5.92 Å². The van der Waals surface area contributed by atoms with Gasteiger partial charge < -0.3 is 10.2 Å². The van der Waals surface area contributed by atoms with E-state index in [0.717, 1.165) is 25.4 Å². The highest BCUT2D eigenvalue weighted by molar-refractivity contribution is 5.82. The number of piperidine rings is 1. The fourth-order valence-electron chi connectivity index (χ4n) is 3.74. The minimum absolute atomic E-state index is 0.0839. The molecule has 0 bridgehead atoms. The van der Waals surface area contributed by atoms with Crippen molar-refractivity contribution >= 4 is 5.91 Å². The van der Waals surface area contributed by atoms with Gasteiger partial charge in [-0.25, -0.2) is 0 Å². The summed E-state index contributed by atoms with van der Waals surface area (Å²) in [5.74, 6) is 1.10. The summed E-state index contributed by atoms with van der Waals surface area (Å²) in [5.41, 5.74) is 0. The van der Waals surface area contributed by atoms with Crippen LogP contribution in [0.1, 0.15) is 65.2 Å². The first-order valence-corrected chi connectivity index (χ1v) is 8.30. The van der Waals surface area contributed by atoms with E-state index in [1.807, 2.05) is 0 Å². The SMILES string of the molecule is CCC1CCNC(C(=O)N(CC)C2CCCCC2)C1. The van der Waals surface area contributed by atoms with Gasteiger partial charge in [0.25, 0.3) is 0 Å². The van der Waals surface area contributed by atoms with Crippen LogP contribution in [0.2, 0.25) is 0 Å². The first kappa shape index (κ1) is 14.8. The monoisotopic (exact) mass is 266 g/mol. The third-order valence-corrected chi connectivity index (χ3v) is 5.03. The molecule has 0 spiro atoms. The number of likely N-dealkylation sites (N-methyl/N-ethyl adjacent to an activating group) is 1. The predicted octanol–water partition coefficient (Wildman–Crippen LogP) is 2.95. The van der Waals surface area contributed by atoms with Crippen molar-refractivity contribution in [3.8, 4) is 0 Å². The van der Waals surface area contributed by atoms with Crippen LogP contribution in [0.5, 0.6) is 0 Å². The van der Waals surface area contributed by atoms with E-state index in [4.69, 9.17) is 0 Å². The summed E-state index contributed by atoms with van der Waals surface area (Å²) < 4.78 is 0. The second kappa shape index (κ2) is 7.28. The Morgan fingerprint density at radius 1 is 1.16 bits per heavy atom. The highest BCUT2D eigenvalue weighted by Gasteiger charge is 2.32. The quantitative estimate of drug-likeness (QED) is 0.848. The molecule has 1 saturated heterocycles. The first-order chi connectivity index (χ1) is 9.26. The minimum Gasteiger partial charge on any atom is -0.339 e. The Hall–Kier alpha value is -0.570. The summed E-state index contributed by atoms with van der Waals surface area (Å²) >= 11 is 0. The van der Waals surface area contributed by atoms with E-state index in [0.29, 0.717) is 11.9 Å². The smallest absolute Gasteiger partial charge is 0.239 e. The number of rotatable bonds is 4. The molecule has 1 saturated carbocycles. The lowest BCUT2D eigenvalue weighted by Crippen LogP contribution is -2.53. The zero-order chi connectivity index (χ0) is 13.7. The Balaban J connectivity index is 1.95. The average Bonchev–Trinajstić information content (AvgIpc) is 2.49. The largest absolute Gasteiger partial charge is 0.339 e. The topological polar surface area (TPSA) is 32.3 Å². The van der Waals surface area contributed by atoms with Crippen molar-refractivity contribution in [2.45, 2.75) is 77.3 Å². The zero-order valence-electron chi connectivity index (χ0n) is 12.7. The van der Waals surface area contributed by atoms with E-state index >= 15 is 0 Å². The third kappa shape index (κ3) is 3.71. The standard InChI is InChI=1S/C16H30N2O/c1-3-13-10-11-17-15(12-13)16(19)18(4-2)14-8-6-5-7-9-14/h13-15,17H,3-12H2,1-2H3. The average molecular weight is 266 g/mol. The lowest BCUT2D eigenvalue weighted by Gasteiger charge is -2.38. The molecule has 2 fully saturated rings. The van der Waals surface area contributed by atoms with Gasteiger partial charge in [0, 0.05) is 12.6 Å². The van der Waals surface area contributed by atoms with E-state index < -0.39 is 0 Å². The number of hydrogen-bond donors (Lipinski definition) is 1. The highest BCUT2D eigenvalue weighted by atomic mass is 16.2. The number of hydrogen-bond acceptors (Lipinski definition) is 2. The van der Waals surface area contributed by atoms with Gasteiger partial charge in [0.05, 0.1) is 6.04 Å². The molecule has 1 N–H and O–H groups in total. The Kier molecular flexibility index (Phi) is 5.68. The van der Waals surface area contributed by atoms with E-state index in [1.165, 1.54) is 44.9 Å². The molecule has 2 atom stereocenters. The maximum atomic E-state index is 12.8. The van der Waals surface area contributed by atoms with Gasteiger partial charge in [-0.15, -0.1) is 0 Å². The molecule has 3 nitrogen and oxygen atoms in total. The highest BCUT2D eigenvalue weighted by Crippen LogP contribution is 2.25. The first-order valence-electron chi connectivity index (χ1n) is 8.30. The van der Waals surface area contributed by atoms with Gasteiger partial charge in [0.15, 0.2) is 0 Å². The van der Waals surface area contributed by atoms with Gasteiger partial charge in [0.2, 0.25) is 5.91 Å². The van der Waals surface area contributed by atoms with Crippen molar-refractivity contribution in [3.63, 3.8) is 0 Å². The predicted molar refractivity (Wildman–Crippen MR) is 79.1 cm³/mol. The Morgan fingerprint density at radius 2 is 1.89 bits per heavy atom. The van der Waals surface area contributed by atoms with Gasteiger partial charge >= 0.3 is 0 Å². The molecule has 0 aromatic carbocycles. The van der Waals surface area contributed by atoms with Crippen LogP contribution >= 0.6 is 0 Å². The second-order valence-electron chi connectivity index (χ2n) is 6.22. The Bertz CT molecular complexity index is 286. The number of amides is 1. The molecule has 0 aromatic rings. The summed E-state index contributed by atoms with van der Waals surface area (Å²) in [6.45, 7) is 6.26. The molecule has 0 aromatic heterocycles. The maximum absolute atomic E-state index is 12.8. The van der Waals surface area contributed by atoms with Crippen molar-refractivity contribution in [1.29, 1.82) is 0 Å². The number of carbonyl (C=O) groups excluding carboxylic acids is 1. The summed E-state index contributed by atoms with van der Waals surface area (Å²) in [7, 11) is 0. The molecule has 2 unspecified atom stereocenters. The Morgan fingerprint density at radius 3 is 2.53 bits per heavy atom. The number of nitrogens with zero attached hydrogens (tertiary/aromatic N) is 1. The van der Waals surface area contributed by atoms with Crippen molar-refractivity contribution in [3.05, 3.63) is 0 Å². The Labute approximate surface area is 118 Å². The normalized spacial score (nSPS) is 29.2. The van der Waals surface area contributed by atoms with Crippen LogP contribution in [-0.2, 0) is 4.79 Å². The van der Waals surface area contributed by atoms with Crippen molar-refractivity contribution in [1.82, 2.24) is 10.2 Å². The van der Waals surface area contributed by atoms with Crippen LogP contribution < -0.4 is 5.32 Å². The van der Waals surface area contributed by atoms with Gasteiger partial charge in [-0.05, 0) is 45.1 Å². The van der Waals surface area contributed by atoms with Crippen molar-refractivity contribution in [2.75, 3.05) is 13.1 Å². The molecule has 1 amide bonds. The zero-order valence-corrected chi connectivity index (χ0v) is 12.7. The molecule has 2 rings (SSSR count). The summed E-state index contributed by atoms with van der Waals surface area (Å²) in [4.78, 5) is 14.9. The fourth-order valence-corrected chi connectivity index (χ4v) is 3.74. The lowest BCUT2D eigenvalue weighted by molar-refractivity contribution is -0.137. The molecule has 1 aliphatic carbocycles. The summed E-state index contributed by atoms with van der Waals surface area (Å²) in [5, 5.41) is 3.45. The molecule has 19 heavy (non-hydrogen) atoms. The van der Waals surface area contributed by atoms with Crippen LogP contribution in [0.15, 0.2) is 0 Å². The molecule has 1 aliphatic heterocycles. The van der Waals surface area contributed by atoms with Crippen molar-refractivity contribution in [2.24, 2.45) is 5.92 Å². The second-order valence-corrected chi connectivity index (χ2v) is 6.22. The number of carbonyl (C=O) groups is 1. The fraction of sp³-hybridized carbons (Fsp3) is 0.938.